The highest BCUT2D eigenvalue weighted by atomic mass is 16.5. The minimum Gasteiger partial charge on any atom is -0.550 e. The fraction of sp³-hybridized carbons (Fsp3) is 0.238. The van der Waals surface area contributed by atoms with Gasteiger partial charge in [0.15, 0.2) is 0 Å². The van der Waals surface area contributed by atoms with Crippen LogP contribution >= 0.6 is 0 Å². The van der Waals surface area contributed by atoms with Crippen LogP contribution in [-0.4, -0.2) is 11.9 Å². The summed E-state index contributed by atoms with van der Waals surface area (Å²) in [5, 5.41) is 14.0. The van der Waals surface area contributed by atoms with E-state index in [4.69, 9.17) is 4.74 Å². The van der Waals surface area contributed by atoms with Crippen LogP contribution in [0.1, 0.15) is 18.4 Å². The van der Waals surface area contributed by atoms with E-state index in [0.717, 1.165) is 11.3 Å². The maximum atomic E-state index is 12.4. The molecule has 2 atom stereocenters. The van der Waals surface area contributed by atoms with Crippen molar-refractivity contribution in [2.75, 3.05) is 5.32 Å². The van der Waals surface area contributed by atoms with Crippen molar-refractivity contribution in [3.8, 4) is 11.5 Å². The second-order valence-corrected chi connectivity index (χ2v) is 6.36. The molecule has 26 heavy (non-hydrogen) atoms. The van der Waals surface area contributed by atoms with Crippen molar-refractivity contribution in [3.05, 3.63) is 66.2 Å². The molecule has 0 bridgehead atoms. The highest BCUT2D eigenvalue weighted by Gasteiger charge is 2.29. The van der Waals surface area contributed by atoms with Gasteiger partial charge in [-0.05, 0) is 55.7 Å². The van der Waals surface area contributed by atoms with E-state index < -0.39 is 17.8 Å². The molecule has 0 spiro atoms. The van der Waals surface area contributed by atoms with E-state index in [1.54, 1.807) is 30.3 Å². The Bertz CT molecular complexity index is 826. The number of hydrogen-bond acceptors (Lipinski definition) is 4. The summed E-state index contributed by atoms with van der Waals surface area (Å²) in [7, 11) is 0. The molecule has 3 rings (SSSR count). The summed E-state index contributed by atoms with van der Waals surface area (Å²) in [6.45, 7) is 1.97. The van der Waals surface area contributed by atoms with E-state index in [0.29, 0.717) is 24.3 Å². The van der Waals surface area contributed by atoms with Gasteiger partial charge in [0.1, 0.15) is 11.5 Å². The summed E-state index contributed by atoms with van der Waals surface area (Å²) in [6, 6.07) is 14.7. The minimum atomic E-state index is -1.18. The Hall–Kier alpha value is -3.08. The summed E-state index contributed by atoms with van der Waals surface area (Å²) in [6.07, 6.45) is 4.34. The molecular formula is C21H20NO4-. The average molecular weight is 350 g/mol. The Morgan fingerprint density at radius 1 is 1.00 bits per heavy atom. The van der Waals surface area contributed by atoms with Crippen molar-refractivity contribution in [2.24, 2.45) is 11.8 Å². The third kappa shape index (κ3) is 4.11. The summed E-state index contributed by atoms with van der Waals surface area (Å²) < 4.78 is 5.83. The lowest BCUT2D eigenvalue weighted by atomic mass is 9.82. The number of carboxylic acid groups (broad SMARTS) is 1. The molecule has 0 aromatic heterocycles. The van der Waals surface area contributed by atoms with Gasteiger partial charge in [-0.1, -0.05) is 30.4 Å². The number of aliphatic carboxylic acids is 1. The predicted molar refractivity (Wildman–Crippen MR) is 96.7 cm³/mol. The number of rotatable bonds is 5. The molecule has 1 amide bonds. The summed E-state index contributed by atoms with van der Waals surface area (Å²) in [5.41, 5.74) is 1.63. The van der Waals surface area contributed by atoms with Crippen LogP contribution in [0.15, 0.2) is 60.7 Å². The number of anilines is 1. The number of carbonyl (C=O) groups excluding carboxylic acids is 2. The van der Waals surface area contributed by atoms with Gasteiger partial charge in [-0.25, -0.2) is 0 Å². The zero-order valence-electron chi connectivity index (χ0n) is 14.5. The number of carbonyl (C=O) groups is 2. The maximum absolute atomic E-state index is 12.4. The lowest BCUT2D eigenvalue weighted by Gasteiger charge is -2.28. The predicted octanol–water partition coefficient (Wildman–Crippen LogP) is 3.06. The third-order valence-electron chi connectivity index (χ3n) is 4.52. The van der Waals surface area contributed by atoms with E-state index in [9.17, 15) is 14.7 Å². The van der Waals surface area contributed by atoms with Crippen molar-refractivity contribution >= 4 is 17.6 Å². The standard InChI is InChI=1S/C21H21NO4/c1-14-6-2-5-9-19(14)26-16-12-10-15(11-13-16)22-20(23)17-7-3-4-8-18(17)21(24)25/h2-6,9-13,17-18H,7-8H2,1H3,(H,22,23)(H,24,25)/p-1/t17-,18+/m1/s1. The Labute approximate surface area is 152 Å². The van der Waals surface area contributed by atoms with Gasteiger partial charge in [-0.15, -0.1) is 0 Å². The van der Waals surface area contributed by atoms with Crippen molar-refractivity contribution < 1.29 is 19.4 Å². The third-order valence-corrected chi connectivity index (χ3v) is 4.52. The van der Waals surface area contributed by atoms with E-state index in [-0.39, 0.29) is 5.91 Å². The first-order chi connectivity index (χ1) is 12.5. The molecule has 0 fully saturated rings. The van der Waals surface area contributed by atoms with Gasteiger partial charge in [-0.3, -0.25) is 4.79 Å². The molecule has 0 saturated heterocycles. The van der Waals surface area contributed by atoms with Crippen LogP contribution in [0.2, 0.25) is 0 Å². The number of amides is 1. The molecule has 5 nitrogen and oxygen atoms in total. The minimum absolute atomic E-state index is 0.309. The van der Waals surface area contributed by atoms with Gasteiger partial charge >= 0.3 is 0 Å². The van der Waals surface area contributed by atoms with Gasteiger partial charge < -0.3 is 20.0 Å². The van der Waals surface area contributed by atoms with Crippen LogP contribution in [0.3, 0.4) is 0 Å². The number of para-hydroxylation sites is 1. The van der Waals surface area contributed by atoms with Crippen LogP contribution < -0.4 is 15.2 Å². The largest absolute Gasteiger partial charge is 0.550 e. The molecule has 0 heterocycles. The lowest BCUT2D eigenvalue weighted by Crippen LogP contribution is -2.41. The molecule has 1 N–H and O–H groups in total. The van der Waals surface area contributed by atoms with Gasteiger partial charge in [0, 0.05) is 17.6 Å². The number of allylic oxidation sites excluding steroid dienone is 2. The van der Waals surface area contributed by atoms with Crippen LogP contribution in [-0.2, 0) is 9.59 Å². The van der Waals surface area contributed by atoms with E-state index in [1.165, 1.54) is 0 Å². The Morgan fingerprint density at radius 3 is 2.31 bits per heavy atom. The highest BCUT2D eigenvalue weighted by Crippen LogP contribution is 2.28. The first-order valence-corrected chi connectivity index (χ1v) is 8.55. The molecule has 2 aromatic carbocycles. The SMILES string of the molecule is Cc1ccccc1Oc1ccc(NC(=O)[C@@H]2CC=CC[C@@H]2C(=O)[O-])cc1. The second-order valence-electron chi connectivity index (χ2n) is 6.36. The number of hydrogen-bond donors (Lipinski definition) is 1. The van der Waals surface area contributed by atoms with Crippen LogP contribution in [0.25, 0.3) is 0 Å². The van der Waals surface area contributed by atoms with Crippen LogP contribution in [0.5, 0.6) is 11.5 Å². The molecule has 134 valence electrons. The van der Waals surface area contributed by atoms with Crippen molar-refractivity contribution in [1.82, 2.24) is 0 Å². The van der Waals surface area contributed by atoms with E-state index in [2.05, 4.69) is 5.32 Å². The number of nitrogens with one attached hydrogen (secondary N) is 1. The van der Waals surface area contributed by atoms with Gasteiger partial charge in [0.05, 0.1) is 5.92 Å². The summed E-state index contributed by atoms with van der Waals surface area (Å²) >= 11 is 0. The van der Waals surface area contributed by atoms with E-state index in [1.807, 2.05) is 37.3 Å². The number of carboxylic acids is 1. The molecule has 5 heteroatoms. The molecule has 1 aliphatic rings. The van der Waals surface area contributed by atoms with Crippen molar-refractivity contribution in [2.45, 2.75) is 19.8 Å². The van der Waals surface area contributed by atoms with Crippen LogP contribution in [0.4, 0.5) is 5.69 Å². The monoisotopic (exact) mass is 350 g/mol. The zero-order valence-corrected chi connectivity index (χ0v) is 14.5. The molecular weight excluding hydrogens is 330 g/mol. The first kappa shape index (κ1) is 17.7. The highest BCUT2D eigenvalue weighted by molar-refractivity contribution is 5.95. The fourth-order valence-electron chi connectivity index (χ4n) is 3.00. The summed E-state index contributed by atoms with van der Waals surface area (Å²) in [4.78, 5) is 23.7. The quantitative estimate of drug-likeness (QED) is 0.841. The number of ether oxygens (including phenoxy) is 1. The molecule has 1 aliphatic carbocycles. The zero-order chi connectivity index (χ0) is 18.5. The Kier molecular flexibility index (Phi) is 5.37. The Balaban J connectivity index is 1.65. The second kappa shape index (κ2) is 7.87. The van der Waals surface area contributed by atoms with Gasteiger partial charge in [-0.2, -0.15) is 0 Å². The first-order valence-electron chi connectivity index (χ1n) is 8.55. The molecule has 0 saturated carbocycles. The fourth-order valence-corrected chi connectivity index (χ4v) is 3.00. The molecule has 2 aromatic rings. The molecule has 0 radical (unpaired) electrons. The van der Waals surface area contributed by atoms with Crippen molar-refractivity contribution in [3.63, 3.8) is 0 Å². The number of aryl methyl sites for hydroxylation is 1. The number of benzene rings is 2. The molecule has 0 aliphatic heterocycles. The Morgan fingerprint density at radius 2 is 1.65 bits per heavy atom. The van der Waals surface area contributed by atoms with Crippen LogP contribution in [0, 0.1) is 18.8 Å². The van der Waals surface area contributed by atoms with Gasteiger partial charge in [0.25, 0.3) is 0 Å². The maximum Gasteiger partial charge on any atom is 0.228 e. The molecule has 0 unspecified atom stereocenters. The lowest BCUT2D eigenvalue weighted by molar-refractivity contribution is -0.313. The van der Waals surface area contributed by atoms with E-state index >= 15 is 0 Å². The normalized spacial score (nSPS) is 19.0. The van der Waals surface area contributed by atoms with Crippen molar-refractivity contribution in [1.29, 1.82) is 0 Å². The van der Waals surface area contributed by atoms with Gasteiger partial charge in [0.2, 0.25) is 5.91 Å². The topological polar surface area (TPSA) is 78.5 Å². The smallest absolute Gasteiger partial charge is 0.228 e. The summed E-state index contributed by atoms with van der Waals surface area (Å²) in [5.74, 6) is -1.47. The average Bonchev–Trinajstić information content (AvgIpc) is 2.65.